The van der Waals surface area contributed by atoms with Crippen molar-refractivity contribution in [2.45, 2.75) is 0 Å². The number of piperazine rings is 1. The van der Waals surface area contributed by atoms with Crippen LogP contribution >= 0.6 is 12.6 Å². The lowest BCUT2D eigenvalue weighted by Crippen LogP contribution is -2.46. The topological polar surface area (TPSA) is 49.4 Å². The van der Waals surface area contributed by atoms with Crippen LogP contribution in [0.4, 0.5) is 0 Å². The van der Waals surface area contributed by atoms with Gasteiger partial charge in [-0.1, -0.05) is 0 Å². The fourth-order valence-corrected chi connectivity index (χ4v) is 2.40. The summed E-state index contributed by atoms with van der Waals surface area (Å²) in [6.45, 7) is 2.63. The van der Waals surface area contributed by atoms with Gasteiger partial charge in [-0.15, -0.1) is 0 Å². The molecule has 0 amide bonds. The van der Waals surface area contributed by atoms with E-state index < -0.39 is 10.0 Å². The number of hydrogen-bond acceptors (Lipinski definition) is 4. The van der Waals surface area contributed by atoms with Gasteiger partial charge >= 0.3 is 0 Å². The third-order valence-corrected chi connectivity index (χ3v) is 4.09. The smallest absolute Gasteiger partial charge is 0.223 e. The van der Waals surface area contributed by atoms with Crippen molar-refractivity contribution in [2.75, 3.05) is 31.3 Å². The molecule has 0 aromatic rings. The molecule has 0 spiro atoms. The molecule has 6 heteroatoms. The van der Waals surface area contributed by atoms with Gasteiger partial charge in [-0.05, 0) is 0 Å². The molecule has 66 valence electrons. The van der Waals surface area contributed by atoms with E-state index in [1.165, 1.54) is 4.31 Å². The minimum absolute atomic E-state index is 0.0903. The quantitative estimate of drug-likeness (QED) is 0.563. The number of sulfonamides is 1. The van der Waals surface area contributed by atoms with Crippen LogP contribution in [0.2, 0.25) is 0 Å². The first-order valence-electron chi connectivity index (χ1n) is 3.46. The molecule has 1 saturated heterocycles. The predicted octanol–water partition coefficient (Wildman–Crippen LogP) is -0.891. The summed E-state index contributed by atoms with van der Waals surface area (Å²) < 4.78 is 23.8. The molecule has 0 atom stereocenters. The first-order chi connectivity index (χ1) is 5.17. The van der Waals surface area contributed by atoms with Gasteiger partial charge in [0.05, 0.1) is 0 Å². The Morgan fingerprint density at radius 1 is 1.36 bits per heavy atom. The Kier molecular flexibility index (Phi) is 3.17. The van der Waals surface area contributed by atoms with E-state index in [1.807, 2.05) is 0 Å². The molecule has 0 aromatic heterocycles. The zero-order valence-electron chi connectivity index (χ0n) is 6.15. The molecule has 1 aliphatic heterocycles. The summed E-state index contributed by atoms with van der Waals surface area (Å²) in [5, 5.41) is 2.99. The minimum Gasteiger partial charge on any atom is -0.314 e. The van der Waals surface area contributed by atoms with Crippen molar-refractivity contribution in [3.63, 3.8) is 0 Å². The van der Waals surface area contributed by atoms with Crippen molar-refractivity contribution >= 4 is 22.7 Å². The van der Waals surface area contributed by atoms with E-state index in [2.05, 4.69) is 17.9 Å². The standard InChI is InChI=1S/C5H12N2O2S2/c8-11(9,5-10)7-3-1-6-2-4-7/h6,10H,1-5H2. The molecular formula is C5H12N2O2S2. The highest BCUT2D eigenvalue weighted by Gasteiger charge is 2.21. The molecule has 0 saturated carbocycles. The van der Waals surface area contributed by atoms with Crippen LogP contribution in [-0.4, -0.2) is 44.0 Å². The number of nitrogens with one attached hydrogen (secondary N) is 1. The van der Waals surface area contributed by atoms with Gasteiger partial charge in [0.1, 0.15) is 5.08 Å². The summed E-state index contributed by atoms with van der Waals surface area (Å²) >= 11 is 3.76. The maximum absolute atomic E-state index is 11.2. The Morgan fingerprint density at radius 3 is 2.36 bits per heavy atom. The molecule has 1 fully saturated rings. The van der Waals surface area contributed by atoms with Gasteiger partial charge < -0.3 is 5.32 Å². The number of thiol groups is 1. The van der Waals surface area contributed by atoms with Crippen LogP contribution in [0.15, 0.2) is 0 Å². The molecular weight excluding hydrogens is 184 g/mol. The van der Waals surface area contributed by atoms with Crippen LogP contribution in [0.25, 0.3) is 0 Å². The molecule has 1 heterocycles. The Hall–Kier alpha value is 0.220. The summed E-state index contributed by atoms with van der Waals surface area (Å²) in [6.07, 6.45) is 0. The Bertz CT molecular complexity index is 209. The number of nitrogens with zero attached hydrogens (tertiary/aromatic N) is 1. The number of hydrogen-bond donors (Lipinski definition) is 2. The van der Waals surface area contributed by atoms with Crippen LogP contribution in [0, 0.1) is 0 Å². The van der Waals surface area contributed by atoms with Crippen LogP contribution in [0.5, 0.6) is 0 Å². The molecule has 1 aliphatic rings. The molecule has 4 nitrogen and oxygen atoms in total. The van der Waals surface area contributed by atoms with Gasteiger partial charge in [-0.25, -0.2) is 8.42 Å². The van der Waals surface area contributed by atoms with Crippen LogP contribution in [0.1, 0.15) is 0 Å². The highest BCUT2D eigenvalue weighted by molar-refractivity contribution is 8.02. The van der Waals surface area contributed by atoms with Crippen molar-refractivity contribution in [2.24, 2.45) is 0 Å². The zero-order valence-corrected chi connectivity index (χ0v) is 7.87. The monoisotopic (exact) mass is 196 g/mol. The Morgan fingerprint density at radius 2 is 1.91 bits per heavy atom. The van der Waals surface area contributed by atoms with E-state index in [4.69, 9.17) is 0 Å². The maximum Gasteiger partial charge on any atom is 0.223 e. The fourth-order valence-electron chi connectivity index (χ4n) is 1.00. The lowest BCUT2D eigenvalue weighted by atomic mass is 10.4. The average Bonchev–Trinajstić information content (AvgIpc) is 2.06. The largest absolute Gasteiger partial charge is 0.314 e. The van der Waals surface area contributed by atoms with Gasteiger partial charge in [-0.3, -0.25) is 0 Å². The SMILES string of the molecule is O=S(=O)(CS)N1CCNCC1. The van der Waals surface area contributed by atoms with E-state index in [0.717, 1.165) is 13.1 Å². The minimum atomic E-state index is -3.06. The molecule has 0 aromatic carbocycles. The van der Waals surface area contributed by atoms with Gasteiger partial charge in [0.25, 0.3) is 0 Å². The molecule has 0 radical (unpaired) electrons. The second kappa shape index (κ2) is 3.75. The zero-order chi connectivity index (χ0) is 8.32. The third-order valence-electron chi connectivity index (χ3n) is 1.63. The van der Waals surface area contributed by atoms with Crippen molar-refractivity contribution in [1.29, 1.82) is 0 Å². The van der Waals surface area contributed by atoms with Gasteiger partial charge in [0.15, 0.2) is 0 Å². The van der Waals surface area contributed by atoms with E-state index in [-0.39, 0.29) is 5.08 Å². The van der Waals surface area contributed by atoms with E-state index >= 15 is 0 Å². The molecule has 1 rings (SSSR count). The summed E-state index contributed by atoms with van der Waals surface area (Å²) in [6, 6.07) is 0. The van der Waals surface area contributed by atoms with Crippen LogP contribution in [0.3, 0.4) is 0 Å². The van der Waals surface area contributed by atoms with Crippen LogP contribution in [-0.2, 0) is 10.0 Å². The van der Waals surface area contributed by atoms with Crippen LogP contribution < -0.4 is 5.32 Å². The predicted molar refractivity (Wildman–Crippen MR) is 47.2 cm³/mol. The second-order valence-corrected chi connectivity index (χ2v) is 5.10. The summed E-state index contributed by atoms with van der Waals surface area (Å²) in [5.41, 5.74) is 0. The fraction of sp³-hybridized carbons (Fsp3) is 1.00. The normalized spacial score (nSPS) is 21.9. The summed E-state index contributed by atoms with van der Waals surface area (Å²) in [7, 11) is -3.06. The van der Waals surface area contributed by atoms with E-state index in [0.29, 0.717) is 13.1 Å². The molecule has 0 unspecified atom stereocenters. The number of rotatable bonds is 2. The first-order valence-corrected chi connectivity index (χ1v) is 5.70. The van der Waals surface area contributed by atoms with E-state index in [9.17, 15) is 8.42 Å². The van der Waals surface area contributed by atoms with Crippen molar-refractivity contribution in [1.82, 2.24) is 9.62 Å². The molecule has 11 heavy (non-hydrogen) atoms. The average molecular weight is 196 g/mol. The third kappa shape index (κ3) is 2.33. The maximum atomic E-state index is 11.2. The highest BCUT2D eigenvalue weighted by atomic mass is 32.3. The summed E-state index contributed by atoms with van der Waals surface area (Å²) in [5.74, 6) is 0. The highest BCUT2D eigenvalue weighted by Crippen LogP contribution is 2.03. The summed E-state index contributed by atoms with van der Waals surface area (Å²) in [4.78, 5) is 0. The van der Waals surface area contributed by atoms with Gasteiger partial charge in [-0.2, -0.15) is 16.9 Å². The Balaban J connectivity index is 2.58. The van der Waals surface area contributed by atoms with E-state index in [1.54, 1.807) is 0 Å². The lowest BCUT2D eigenvalue weighted by molar-refractivity contribution is 0.362. The molecule has 1 N–H and O–H groups in total. The lowest BCUT2D eigenvalue weighted by Gasteiger charge is -2.25. The van der Waals surface area contributed by atoms with Gasteiger partial charge in [0.2, 0.25) is 10.0 Å². The Labute approximate surface area is 72.4 Å². The second-order valence-electron chi connectivity index (χ2n) is 2.39. The molecule has 0 bridgehead atoms. The van der Waals surface area contributed by atoms with Crippen molar-refractivity contribution in [3.05, 3.63) is 0 Å². The first kappa shape index (κ1) is 9.31. The van der Waals surface area contributed by atoms with Gasteiger partial charge in [0, 0.05) is 26.2 Å². The van der Waals surface area contributed by atoms with Crippen molar-refractivity contribution < 1.29 is 8.42 Å². The van der Waals surface area contributed by atoms with Crippen molar-refractivity contribution in [3.8, 4) is 0 Å². The molecule has 0 aliphatic carbocycles.